The van der Waals surface area contributed by atoms with Crippen molar-refractivity contribution in [1.29, 1.82) is 5.26 Å². The van der Waals surface area contributed by atoms with Crippen molar-refractivity contribution in [3.8, 4) is 11.8 Å². The van der Waals surface area contributed by atoms with Crippen LogP contribution in [0.15, 0.2) is 18.2 Å². The van der Waals surface area contributed by atoms with Crippen LogP contribution in [0, 0.1) is 17.2 Å². The van der Waals surface area contributed by atoms with Crippen LogP contribution in [0.4, 0.5) is 10.5 Å². The molecule has 1 aliphatic rings. The average molecular weight is 347 g/mol. The molecular formula is C17H21N3O5. The number of carboxylic acid groups (broad SMARTS) is 1. The summed E-state index contributed by atoms with van der Waals surface area (Å²) in [7, 11) is 1.56. The van der Waals surface area contributed by atoms with Gasteiger partial charge in [-0.15, -0.1) is 0 Å². The van der Waals surface area contributed by atoms with Crippen molar-refractivity contribution in [3.63, 3.8) is 0 Å². The highest BCUT2D eigenvalue weighted by molar-refractivity contribution is 5.91. The minimum Gasteiger partial charge on any atom is -0.489 e. The molecule has 1 aromatic carbocycles. The van der Waals surface area contributed by atoms with E-state index in [2.05, 4.69) is 5.32 Å². The number of nitrogens with one attached hydrogen (secondary N) is 1. The fourth-order valence-electron chi connectivity index (χ4n) is 2.62. The predicted octanol–water partition coefficient (Wildman–Crippen LogP) is 1.91. The number of benzene rings is 1. The number of amides is 2. The number of carbonyl (C=O) groups is 2. The lowest BCUT2D eigenvalue weighted by atomic mass is 9.99. The lowest BCUT2D eigenvalue weighted by molar-refractivity contribution is -0.143. The van der Waals surface area contributed by atoms with E-state index in [0.29, 0.717) is 49.6 Å². The summed E-state index contributed by atoms with van der Waals surface area (Å²) in [6, 6.07) is 6.34. The van der Waals surface area contributed by atoms with Crippen LogP contribution in [-0.4, -0.2) is 55.4 Å². The fraction of sp³-hybridized carbons (Fsp3) is 0.471. The number of carbonyl (C=O) groups excluding carboxylic acids is 1. The summed E-state index contributed by atoms with van der Waals surface area (Å²) in [5.41, 5.74) is 0.758. The third-order valence-electron chi connectivity index (χ3n) is 3.95. The van der Waals surface area contributed by atoms with E-state index >= 15 is 0 Å². The van der Waals surface area contributed by atoms with Gasteiger partial charge in [0.05, 0.1) is 29.8 Å². The Labute approximate surface area is 145 Å². The highest BCUT2D eigenvalue weighted by Crippen LogP contribution is 2.27. The van der Waals surface area contributed by atoms with Gasteiger partial charge >= 0.3 is 12.0 Å². The maximum atomic E-state index is 12.5. The van der Waals surface area contributed by atoms with Crippen LogP contribution in [0.3, 0.4) is 0 Å². The molecule has 0 bridgehead atoms. The Bertz CT molecular complexity index is 671. The molecular weight excluding hydrogens is 326 g/mol. The first-order valence-corrected chi connectivity index (χ1v) is 7.99. The first kappa shape index (κ1) is 18.5. The first-order chi connectivity index (χ1) is 12.0. The number of rotatable bonds is 6. The normalized spacial score (nSPS) is 16.8. The number of hydrogen-bond donors (Lipinski definition) is 2. The number of piperidine rings is 1. The van der Waals surface area contributed by atoms with Crippen molar-refractivity contribution in [2.75, 3.05) is 38.7 Å². The summed E-state index contributed by atoms with van der Waals surface area (Å²) in [5, 5.41) is 20.9. The second kappa shape index (κ2) is 8.89. The van der Waals surface area contributed by atoms with E-state index in [9.17, 15) is 9.59 Å². The topological polar surface area (TPSA) is 112 Å². The molecule has 0 radical (unpaired) electrons. The molecule has 8 nitrogen and oxygen atoms in total. The zero-order valence-corrected chi connectivity index (χ0v) is 14.0. The lowest BCUT2D eigenvalue weighted by Gasteiger charge is -2.30. The van der Waals surface area contributed by atoms with Crippen molar-refractivity contribution >= 4 is 17.7 Å². The molecule has 1 heterocycles. The number of anilines is 1. The standard InChI is InChI=1S/C17H21N3O5/c1-24-7-8-25-15-5-4-12(10-18)9-14(15)19-17(23)20-6-2-3-13(11-20)16(21)22/h4-5,9,13H,2-3,6-8,11H2,1H3,(H,19,23)(H,21,22). The number of aliphatic carboxylic acids is 1. The minimum absolute atomic E-state index is 0.166. The number of hydrogen-bond acceptors (Lipinski definition) is 5. The van der Waals surface area contributed by atoms with Gasteiger partial charge in [0.25, 0.3) is 0 Å². The Balaban J connectivity index is 2.10. The summed E-state index contributed by atoms with van der Waals surface area (Å²) in [4.78, 5) is 25.1. The van der Waals surface area contributed by atoms with Gasteiger partial charge in [-0.25, -0.2) is 4.79 Å². The van der Waals surface area contributed by atoms with Crippen molar-refractivity contribution in [3.05, 3.63) is 23.8 Å². The summed E-state index contributed by atoms with van der Waals surface area (Å²) in [6.45, 7) is 1.35. The van der Waals surface area contributed by atoms with E-state index in [1.165, 1.54) is 11.0 Å². The second-order valence-corrected chi connectivity index (χ2v) is 5.72. The van der Waals surface area contributed by atoms with E-state index in [0.717, 1.165) is 0 Å². The molecule has 0 aromatic heterocycles. The smallest absolute Gasteiger partial charge is 0.321 e. The maximum absolute atomic E-state index is 12.5. The van der Waals surface area contributed by atoms with Crippen molar-refractivity contribution in [1.82, 2.24) is 4.90 Å². The number of methoxy groups -OCH3 is 1. The van der Waals surface area contributed by atoms with Gasteiger partial charge in [0.2, 0.25) is 0 Å². The van der Waals surface area contributed by atoms with Gasteiger partial charge < -0.3 is 24.8 Å². The fourth-order valence-corrected chi connectivity index (χ4v) is 2.62. The van der Waals surface area contributed by atoms with Gasteiger partial charge in [-0.05, 0) is 31.0 Å². The van der Waals surface area contributed by atoms with Gasteiger partial charge in [0.15, 0.2) is 0 Å². The number of urea groups is 1. The molecule has 1 unspecified atom stereocenters. The molecule has 1 saturated heterocycles. The molecule has 0 spiro atoms. The minimum atomic E-state index is -0.896. The Hall–Kier alpha value is -2.79. The summed E-state index contributed by atoms with van der Waals surface area (Å²) in [6.07, 6.45) is 1.20. The van der Waals surface area contributed by atoms with Gasteiger partial charge in [0, 0.05) is 20.2 Å². The number of likely N-dealkylation sites (tertiary alicyclic amines) is 1. The van der Waals surface area contributed by atoms with Crippen LogP contribution >= 0.6 is 0 Å². The van der Waals surface area contributed by atoms with Crippen molar-refractivity contribution in [2.45, 2.75) is 12.8 Å². The van der Waals surface area contributed by atoms with Gasteiger partial charge in [-0.2, -0.15) is 5.26 Å². The first-order valence-electron chi connectivity index (χ1n) is 7.99. The Kier molecular flexibility index (Phi) is 6.60. The number of nitrogens with zero attached hydrogens (tertiary/aromatic N) is 2. The van der Waals surface area contributed by atoms with Crippen LogP contribution in [-0.2, 0) is 9.53 Å². The zero-order valence-electron chi connectivity index (χ0n) is 14.0. The molecule has 8 heteroatoms. The van der Waals surface area contributed by atoms with Crippen molar-refractivity contribution in [2.24, 2.45) is 5.92 Å². The maximum Gasteiger partial charge on any atom is 0.321 e. The van der Waals surface area contributed by atoms with E-state index in [1.54, 1.807) is 19.2 Å². The highest BCUT2D eigenvalue weighted by atomic mass is 16.5. The van der Waals surface area contributed by atoms with E-state index in [1.807, 2.05) is 6.07 Å². The molecule has 1 atom stereocenters. The van der Waals surface area contributed by atoms with Crippen molar-refractivity contribution < 1.29 is 24.2 Å². The summed E-state index contributed by atoms with van der Waals surface area (Å²) >= 11 is 0. The largest absolute Gasteiger partial charge is 0.489 e. The Morgan fingerprint density at radius 1 is 1.44 bits per heavy atom. The monoisotopic (exact) mass is 347 g/mol. The second-order valence-electron chi connectivity index (χ2n) is 5.72. The highest BCUT2D eigenvalue weighted by Gasteiger charge is 2.28. The third kappa shape index (κ3) is 5.09. The molecule has 25 heavy (non-hydrogen) atoms. The van der Waals surface area contributed by atoms with Crippen LogP contribution < -0.4 is 10.1 Å². The quantitative estimate of drug-likeness (QED) is 0.760. The van der Waals surface area contributed by atoms with Crippen LogP contribution in [0.5, 0.6) is 5.75 Å². The van der Waals surface area contributed by atoms with Gasteiger partial charge in [-0.1, -0.05) is 0 Å². The summed E-state index contributed by atoms with van der Waals surface area (Å²) < 4.78 is 10.5. The summed E-state index contributed by atoms with van der Waals surface area (Å²) in [5.74, 6) is -1.02. The zero-order chi connectivity index (χ0) is 18.2. The number of nitriles is 1. The molecule has 0 aliphatic carbocycles. The van der Waals surface area contributed by atoms with Gasteiger partial charge in [0.1, 0.15) is 12.4 Å². The van der Waals surface area contributed by atoms with Gasteiger partial charge in [-0.3, -0.25) is 4.79 Å². The average Bonchev–Trinajstić information content (AvgIpc) is 2.63. The molecule has 2 amide bonds. The molecule has 134 valence electrons. The SMILES string of the molecule is COCCOc1ccc(C#N)cc1NC(=O)N1CCCC(C(=O)O)C1. The molecule has 2 N–H and O–H groups in total. The van der Waals surface area contributed by atoms with Crippen LogP contribution in [0.1, 0.15) is 18.4 Å². The van der Waals surface area contributed by atoms with Crippen LogP contribution in [0.2, 0.25) is 0 Å². The number of carboxylic acids is 1. The molecule has 1 aromatic rings. The molecule has 2 rings (SSSR count). The Morgan fingerprint density at radius 3 is 2.92 bits per heavy atom. The van der Waals surface area contributed by atoms with E-state index in [4.69, 9.17) is 19.8 Å². The molecule has 1 fully saturated rings. The van der Waals surface area contributed by atoms with E-state index in [-0.39, 0.29) is 6.54 Å². The predicted molar refractivity (Wildman–Crippen MR) is 89.5 cm³/mol. The lowest BCUT2D eigenvalue weighted by Crippen LogP contribution is -2.44. The molecule has 1 aliphatic heterocycles. The van der Waals surface area contributed by atoms with E-state index < -0.39 is 17.9 Å². The number of ether oxygens (including phenoxy) is 2. The third-order valence-corrected chi connectivity index (χ3v) is 3.95. The molecule has 0 saturated carbocycles. The van der Waals surface area contributed by atoms with Crippen LogP contribution in [0.25, 0.3) is 0 Å². The Morgan fingerprint density at radius 2 is 2.24 bits per heavy atom.